The summed E-state index contributed by atoms with van der Waals surface area (Å²) >= 11 is 0. The summed E-state index contributed by atoms with van der Waals surface area (Å²) < 4.78 is 24.6. The maximum Gasteiger partial charge on any atom is 0.192 e. The van der Waals surface area contributed by atoms with Crippen molar-refractivity contribution in [1.29, 1.82) is 0 Å². The van der Waals surface area contributed by atoms with Crippen molar-refractivity contribution in [2.24, 2.45) is 4.99 Å². The third-order valence-corrected chi connectivity index (χ3v) is 4.16. The van der Waals surface area contributed by atoms with Gasteiger partial charge in [-0.3, -0.25) is 0 Å². The SMILES string of the molecule is CCNC(=NCc1cc(F)cc2c1OCOC2)NC(C)c1ccccc1. The highest BCUT2D eigenvalue weighted by atomic mass is 19.1. The minimum atomic E-state index is -0.307. The Morgan fingerprint density at radius 3 is 2.85 bits per heavy atom. The van der Waals surface area contributed by atoms with Crippen LogP contribution in [-0.4, -0.2) is 19.3 Å². The molecule has 3 rings (SSSR count). The van der Waals surface area contributed by atoms with Crippen molar-refractivity contribution in [3.63, 3.8) is 0 Å². The van der Waals surface area contributed by atoms with Crippen molar-refractivity contribution in [3.05, 3.63) is 65.0 Å². The maximum absolute atomic E-state index is 13.9. The third-order valence-electron chi connectivity index (χ3n) is 4.16. The molecule has 1 unspecified atom stereocenters. The van der Waals surface area contributed by atoms with Crippen LogP contribution >= 0.6 is 0 Å². The molecule has 1 aliphatic rings. The zero-order valence-corrected chi connectivity index (χ0v) is 15.1. The van der Waals surface area contributed by atoms with Crippen molar-refractivity contribution < 1.29 is 13.9 Å². The zero-order valence-electron chi connectivity index (χ0n) is 15.1. The van der Waals surface area contributed by atoms with Crippen LogP contribution in [0.1, 0.15) is 36.6 Å². The van der Waals surface area contributed by atoms with Crippen LogP contribution in [0.4, 0.5) is 4.39 Å². The lowest BCUT2D eigenvalue weighted by atomic mass is 10.1. The second-order valence-electron chi connectivity index (χ2n) is 6.14. The molecule has 1 heterocycles. The van der Waals surface area contributed by atoms with E-state index in [0.29, 0.717) is 30.4 Å². The second kappa shape index (κ2) is 8.67. The molecule has 1 atom stereocenters. The Balaban J connectivity index is 1.76. The highest BCUT2D eigenvalue weighted by Crippen LogP contribution is 2.29. The van der Waals surface area contributed by atoms with Gasteiger partial charge in [0, 0.05) is 17.7 Å². The van der Waals surface area contributed by atoms with Gasteiger partial charge in [-0.05, 0) is 31.5 Å². The molecule has 2 N–H and O–H groups in total. The van der Waals surface area contributed by atoms with E-state index in [2.05, 4.69) is 34.7 Å². The van der Waals surface area contributed by atoms with Gasteiger partial charge in [-0.2, -0.15) is 0 Å². The van der Waals surface area contributed by atoms with Crippen molar-refractivity contribution in [1.82, 2.24) is 10.6 Å². The first kappa shape index (κ1) is 18.2. The fourth-order valence-electron chi connectivity index (χ4n) is 2.89. The molecule has 0 aliphatic carbocycles. The molecule has 2 aromatic carbocycles. The molecule has 0 radical (unpaired) electrons. The summed E-state index contributed by atoms with van der Waals surface area (Å²) in [6.07, 6.45) is 0. The number of benzene rings is 2. The molecular weight excluding hydrogens is 333 g/mol. The fourth-order valence-corrected chi connectivity index (χ4v) is 2.89. The van der Waals surface area contributed by atoms with E-state index in [1.165, 1.54) is 17.7 Å². The number of hydrogen-bond donors (Lipinski definition) is 2. The van der Waals surface area contributed by atoms with Gasteiger partial charge in [-0.15, -0.1) is 0 Å². The monoisotopic (exact) mass is 357 g/mol. The van der Waals surface area contributed by atoms with E-state index < -0.39 is 0 Å². The largest absolute Gasteiger partial charge is 0.467 e. The molecule has 6 heteroatoms. The van der Waals surface area contributed by atoms with Gasteiger partial charge in [0.15, 0.2) is 12.8 Å². The van der Waals surface area contributed by atoms with E-state index in [4.69, 9.17) is 9.47 Å². The minimum absolute atomic E-state index is 0.0973. The third kappa shape index (κ3) is 4.52. The molecule has 138 valence electrons. The van der Waals surface area contributed by atoms with Crippen LogP contribution in [0.2, 0.25) is 0 Å². The normalized spacial score (nSPS) is 15.0. The van der Waals surface area contributed by atoms with Crippen molar-refractivity contribution >= 4 is 5.96 Å². The maximum atomic E-state index is 13.9. The smallest absolute Gasteiger partial charge is 0.192 e. The van der Waals surface area contributed by atoms with Gasteiger partial charge >= 0.3 is 0 Å². The molecular formula is C20H24FN3O2. The van der Waals surface area contributed by atoms with Crippen LogP contribution in [0.15, 0.2) is 47.5 Å². The average Bonchev–Trinajstić information content (AvgIpc) is 2.66. The fraction of sp³-hybridized carbons (Fsp3) is 0.350. The number of fused-ring (bicyclic) bond motifs is 1. The van der Waals surface area contributed by atoms with Gasteiger partial charge in [0.1, 0.15) is 11.6 Å². The lowest BCUT2D eigenvalue weighted by molar-refractivity contribution is -0.0172. The summed E-state index contributed by atoms with van der Waals surface area (Å²) in [6.45, 7) is 5.67. The van der Waals surface area contributed by atoms with Gasteiger partial charge in [0.05, 0.1) is 19.2 Å². The summed E-state index contributed by atoms with van der Waals surface area (Å²) in [6, 6.07) is 13.2. The molecule has 0 aromatic heterocycles. The summed E-state index contributed by atoms with van der Waals surface area (Å²) in [4.78, 5) is 4.61. The number of rotatable bonds is 5. The van der Waals surface area contributed by atoms with Gasteiger partial charge < -0.3 is 20.1 Å². The zero-order chi connectivity index (χ0) is 18.4. The topological polar surface area (TPSA) is 54.9 Å². The molecule has 0 amide bonds. The highest BCUT2D eigenvalue weighted by molar-refractivity contribution is 5.80. The summed E-state index contributed by atoms with van der Waals surface area (Å²) in [7, 11) is 0. The molecule has 0 bridgehead atoms. The lowest BCUT2D eigenvalue weighted by Gasteiger charge is -2.21. The van der Waals surface area contributed by atoms with Gasteiger partial charge in [0.2, 0.25) is 0 Å². The van der Waals surface area contributed by atoms with E-state index in [0.717, 1.165) is 12.1 Å². The number of halogens is 1. The van der Waals surface area contributed by atoms with Crippen LogP contribution in [0.3, 0.4) is 0 Å². The number of hydrogen-bond acceptors (Lipinski definition) is 3. The Kier molecular flexibility index (Phi) is 6.07. The van der Waals surface area contributed by atoms with Crippen molar-refractivity contribution in [3.8, 4) is 5.75 Å². The van der Waals surface area contributed by atoms with E-state index in [-0.39, 0.29) is 18.7 Å². The Morgan fingerprint density at radius 2 is 2.08 bits per heavy atom. The predicted octanol–water partition coefficient (Wildman–Crippen LogP) is 3.51. The Bertz CT molecular complexity index is 765. The molecule has 1 aliphatic heterocycles. The van der Waals surface area contributed by atoms with Gasteiger partial charge in [0.25, 0.3) is 0 Å². The van der Waals surface area contributed by atoms with E-state index >= 15 is 0 Å². The Labute approximate surface area is 153 Å². The van der Waals surface area contributed by atoms with E-state index in [1.807, 2.05) is 25.1 Å². The van der Waals surface area contributed by atoms with E-state index in [1.54, 1.807) is 0 Å². The molecule has 2 aromatic rings. The quantitative estimate of drug-likeness (QED) is 0.635. The van der Waals surface area contributed by atoms with Crippen molar-refractivity contribution in [2.45, 2.75) is 33.0 Å². The minimum Gasteiger partial charge on any atom is -0.467 e. The molecule has 26 heavy (non-hydrogen) atoms. The number of guanidine groups is 1. The molecule has 0 saturated heterocycles. The van der Waals surface area contributed by atoms with Crippen LogP contribution in [0.25, 0.3) is 0 Å². The van der Waals surface area contributed by atoms with Crippen LogP contribution in [0.5, 0.6) is 5.75 Å². The molecule has 5 nitrogen and oxygen atoms in total. The van der Waals surface area contributed by atoms with Crippen LogP contribution in [0, 0.1) is 5.82 Å². The summed E-state index contributed by atoms with van der Waals surface area (Å²) in [5.74, 6) is 1.04. The number of nitrogens with one attached hydrogen (secondary N) is 2. The Hall–Kier alpha value is -2.60. The van der Waals surface area contributed by atoms with Gasteiger partial charge in [-0.25, -0.2) is 9.38 Å². The molecule has 0 fully saturated rings. The number of aliphatic imine (C=N–C) groups is 1. The van der Waals surface area contributed by atoms with Crippen molar-refractivity contribution in [2.75, 3.05) is 13.3 Å². The van der Waals surface area contributed by atoms with Crippen LogP contribution in [-0.2, 0) is 17.9 Å². The first-order valence-corrected chi connectivity index (χ1v) is 8.79. The number of ether oxygens (including phenoxy) is 2. The second-order valence-corrected chi connectivity index (χ2v) is 6.14. The first-order chi connectivity index (χ1) is 12.7. The highest BCUT2D eigenvalue weighted by Gasteiger charge is 2.17. The summed E-state index contributed by atoms with van der Waals surface area (Å²) in [5.41, 5.74) is 2.60. The molecule has 0 saturated carbocycles. The molecule has 0 spiro atoms. The average molecular weight is 357 g/mol. The lowest BCUT2D eigenvalue weighted by Crippen LogP contribution is -2.38. The summed E-state index contributed by atoms with van der Waals surface area (Å²) in [5, 5.41) is 6.61. The predicted molar refractivity (Wildman–Crippen MR) is 99.5 cm³/mol. The Morgan fingerprint density at radius 1 is 1.27 bits per heavy atom. The van der Waals surface area contributed by atoms with Crippen LogP contribution < -0.4 is 15.4 Å². The number of nitrogens with zero attached hydrogens (tertiary/aromatic N) is 1. The van der Waals surface area contributed by atoms with Gasteiger partial charge in [-0.1, -0.05) is 30.3 Å². The van der Waals surface area contributed by atoms with E-state index in [9.17, 15) is 4.39 Å². The first-order valence-electron chi connectivity index (χ1n) is 8.79. The standard InChI is InChI=1S/C20H24FN3O2/c1-3-22-20(24-14(2)15-7-5-4-6-8-15)23-11-16-9-18(21)10-17-12-25-13-26-19(16)17/h4-10,14H,3,11-13H2,1-2H3,(H2,22,23,24).